The first-order valence-corrected chi connectivity index (χ1v) is 10.7. The third kappa shape index (κ3) is 5.57. The minimum Gasteiger partial charge on any atom is -0.337 e. The highest BCUT2D eigenvalue weighted by molar-refractivity contribution is 5.98. The van der Waals surface area contributed by atoms with E-state index in [1.807, 2.05) is 0 Å². The lowest BCUT2D eigenvalue weighted by atomic mass is 10.1. The van der Waals surface area contributed by atoms with E-state index >= 15 is 0 Å². The number of benzene rings is 2. The quantitative estimate of drug-likeness (QED) is 0.640. The zero-order valence-electron chi connectivity index (χ0n) is 18.6. The molecule has 1 heterocycles. The number of hydrogen-bond acceptors (Lipinski definition) is 3. The number of halogens is 3. The van der Waals surface area contributed by atoms with E-state index in [4.69, 9.17) is 6.42 Å². The average Bonchev–Trinajstić information content (AvgIpc) is 3.07. The third-order valence-electron chi connectivity index (χ3n) is 5.57. The number of alkyl halides is 3. The summed E-state index contributed by atoms with van der Waals surface area (Å²) in [5, 5.41) is 0. The summed E-state index contributed by atoms with van der Waals surface area (Å²) in [7, 11) is 0. The van der Waals surface area contributed by atoms with Gasteiger partial charge in [-0.2, -0.15) is 13.2 Å². The van der Waals surface area contributed by atoms with Crippen LogP contribution in [0.4, 0.5) is 18.9 Å². The lowest BCUT2D eigenvalue weighted by molar-refractivity contribution is -0.138. The fraction of sp³-hybridized carbons (Fsp3) is 0.320. The standard InChI is InChI=1S/C25H24F3N3O3/c1-3-12-31(18(2)32)20-9-6-8-19(17-20)23(33)29-13-7-14-30(16-15-29)24(34)21-10-4-5-11-22(21)25(26,27)28/h1,4-6,8-11,17H,7,12-16H2,2H3. The highest BCUT2D eigenvalue weighted by Crippen LogP contribution is 2.32. The molecule has 0 aromatic heterocycles. The molecule has 0 N–H and O–H groups in total. The number of carbonyl (C=O) groups is 3. The van der Waals surface area contributed by atoms with Crippen LogP contribution in [-0.4, -0.2) is 60.2 Å². The summed E-state index contributed by atoms with van der Waals surface area (Å²) in [4.78, 5) is 42.2. The van der Waals surface area contributed by atoms with E-state index in [9.17, 15) is 27.6 Å². The Morgan fingerprint density at radius 3 is 2.24 bits per heavy atom. The Labute approximate surface area is 195 Å². The van der Waals surface area contributed by atoms with Crippen LogP contribution in [0, 0.1) is 12.3 Å². The lowest BCUT2D eigenvalue weighted by Crippen LogP contribution is -2.38. The van der Waals surface area contributed by atoms with Crippen molar-refractivity contribution in [1.82, 2.24) is 9.80 Å². The van der Waals surface area contributed by atoms with Crippen molar-refractivity contribution in [2.75, 3.05) is 37.6 Å². The van der Waals surface area contributed by atoms with E-state index in [0.717, 1.165) is 6.07 Å². The van der Waals surface area contributed by atoms with Crippen molar-refractivity contribution < 1.29 is 27.6 Å². The predicted octanol–water partition coefficient (Wildman–Crippen LogP) is 3.68. The van der Waals surface area contributed by atoms with Gasteiger partial charge in [0.05, 0.1) is 17.7 Å². The van der Waals surface area contributed by atoms with Gasteiger partial charge < -0.3 is 14.7 Å². The largest absolute Gasteiger partial charge is 0.417 e. The number of terminal acetylenes is 1. The molecular weight excluding hydrogens is 447 g/mol. The molecule has 2 aromatic carbocycles. The molecule has 1 saturated heterocycles. The van der Waals surface area contributed by atoms with Gasteiger partial charge in [-0.05, 0) is 36.8 Å². The van der Waals surface area contributed by atoms with Gasteiger partial charge in [0, 0.05) is 44.4 Å². The van der Waals surface area contributed by atoms with Crippen LogP contribution in [0.15, 0.2) is 48.5 Å². The SMILES string of the molecule is C#CCN(C(C)=O)c1cccc(C(=O)N2CCCN(C(=O)c3ccccc3C(F)(F)F)CC2)c1. The molecule has 3 amide bonds. The summed E-state index contributed by atoms with van der Waals surface area (Å²) in [6.45, 7) is 2.29. The maximum atomic E-state index is 13.3. The van der Waals surface area contributed by atoms with Crippen LogP contribution in [-0.2, 0) is 11.0 Å². The summed E-state index contributed by atoms with van der Waals surface area (Å²) < 4.78 is 40.0. The minimum absolute atomic E-state index is 0.0627. The highest BCUT2D eigenvalue weighted by Gasteiger charge is 2.36. The Balaban J connectivity index is 1.75. The van der Waals surface area contributed by atoms with Gasteiger partial charge >= 0.3 is 6.18 Å². The van der Waals surface area contributed by atoms with E-state index in [-0.39, 0.29) is 38.0 Å². The van der Waals surface area contributed by atoms with Crippen molar-refractivity contribution >= 4 is 23.4 Å². The van der Waals surface area contributed by atoms with E-state index in [0.29, 0.717) is 24.2 Å². The Bertz CT molecular complexity index is 1120. The molecule has 0 radical (unpaired) electrons. The molecule has 0 saturated carbocycles. The predicted molar refractivity (Wildman–Crippen MR) is 121 cm³/mol. The molecule has 178 valence electrons. The molecule has 1 aliphatic rings. The third-order valence-corrected chi connectivity index (χ3v) is 5.57. The van der Waals surface area contributed by atoms with Gasteiger partial charge in [-0.1, -0.05) is 24.1 Å². The first-order valence-electron chi connectivity index (χ1n) is 10.7. The van der Waals surface area contributed by atoms with Crippen molar-refractivity contribution in [1.29, 1.82) is 0 Å². The van der Waals surface area contributed by atoms with Crippen LogP contribution in [0.2, 0.25) is 0 Å². The Kier molecular flexibility index (Phi) is 7.61. The molecular formula is C25H24F3N3O3. The van der Waals surface area contributed by atoms with Gasteiger partial charge in [0.25, 0.3) is 11.8 Å². The molecule has 9 heteroatoms. The van der Waals surface area contributed by atoms with Crippen LogP contribution >= 0.6 is 0 Å². The fourth-order valence-corrected chi connectivity index (χ4v) is 3.88. The van der Waals surface area contributed by atoms with E-state index in [1.165, 1.54) is 34.9 Å². The number of rotatable bonds is 4. The van der Waals surface area contributed by atoms with E-state index < -0.39 is 23.2 Å². The Morgan fingerprint density at radius 2 is 1.62 bits per heavy atom. The van der Waals surface area contributed by atoms with Gasteiger partial charge in [-0.25, -0.2) is 0 Å². The van der Waals surface area contributed by atoms with Crippen LogP contribution < -0.4 is 4.90 Å². The van der Waals surface area contributed by atoms with Crippen molar-refractivity contribution in [2.45, 2.75) is 19.5 Å². The van der Waals surface area contributed by atoms with Gasteiger partial charge in [0.15, 0.2) is 0 Å². The van der Waals surface area contributed by atoms with Gasteiger partial charge in [-0.15, -0.1) is 6.42 Å². The average molecular weight is 471 g/mol. The summed E-state index contributed by atoms with van der Waals surface area (Å²) in [6.07, 6.45) is 1.11. The number of carbonyl (C=O) groups excluding carboxylic acids is 3. The van der Waals surface area contributed by atoms with Crippen molar-refractivity contribution in [3.05, 3.63) is 65.2 Å². The normalized spacial score (nSPS) is 14.2. The molecule has 0 atom stereocenters. The number of anilines is 1. The van der Waals surface area contributed by atoms with Crippen LogP contribution in [0.1, 0.15) is 39.6 Å². The smallest absolute Gasteiger partial charge is 0.337 e. The van der Waals surface area contributed by atoms with Crippen LogP contribution in [0.25, 0.3) is 0 Å². The molecule has 0 bridgehead atoms. The van der Waals surface area contributed by atoms with Crippen molar-refractivity contribution in [2.24, 2.45) is 0 Å². The van der Waals surface area contributed by atoms with Gasteiger partial charge in [0.1, 0.15) is 0 Å². The fourth-order valence-electron chi connectivity index (χ4n) is 3.88. The number of hydrogen-bond donors (Lipinski definition) is 0. The monoisotopic (exact) mass is 471 g/mol. The van der Waals surface area contributed by atoms with Gasteiger partial charge in [0.2, 0.25) is 5.91 Å². The minimum atomic E-state index is -4.64. The summed E-state index contributed by atoms with van der Waals surface area (Å²) in [6, 6.07) is 11.2. The lowest BCUT2D eigenvalue weighted by Gasteiger charge is -2.24. The maximum Gasteiger partial charge on any atom is 0.417 e. The summed E-state index contributed by atoms with van der Waals surface area (Å²) in [5.74, 6) is 1.15. The molecule has 0 aliphatic carbocycles. The summed E-state index contributed by atoms with van der Waals surface area (Å²) in [5.41, 5.74) is -0.536. The number of nitrogens with zero attached hydrogens (tertiary/aromatic N) is 3. The van der Waals surface area contributed by atoms with Gasteiger partial charge in [-0.3, -0.25) is 14.4 Å². The first-order chi connectivity index (χ1) is 16.1. The molecule has 2 aromatic rings. The highest BCUT2D eigenvalue weighted by atomic mass is 19.4. The van der Waals surface area contributed by atoms with E-state index in [1.54, 1.807) is 29.2 Å². The van der Waals surface area contributed by atoms with Crippen molar-refractivity contribution in [3.63, 3.8) is 0 Å². The molecule has 0 unspecified atom stereocenters. The molecule has 1 aliphatic heterocycles. The van der Waals surface area contributed by atoms with Crippen molar-refractivity contribution in [3.8, 4) is 12.3 Å². The Morgan fingerprint density at radius 1 is 0.971 bits per heavy atom. The molecule has 3 rings (SSSR count). The van der Waals surface area contributed by atoms with Crippen LogP contribution in [0.5, 0.6) is 0 Å². The zero-order chi connectivity index (χ0) is 24.9. The second-order valence-electron chi connectivity index (χ2n) is 7.84. The molecule has 6 nitrogen and oxygen atoms in total. The van der Waals surface area contributed by atoms with Crippen LogP contribution in [0.3, 0.4) is 0 Å². The Hall–Kier alpha value is -3.80. The number of amides is 3. The topological polar surface area (TPSA) is 60.9 Å². The summed E-state index contributed by atoms with van der Waals surface area (Å²) >= 11 is 0. The second-order valence-corrected chi connectivity index (χ2v) is 7.84. The molecule has 34 heavy (non-hydrogen) atoms. The maximum absolute atomic E-state index is 13.3. The second kappa shape index (κ2) is 10.4. The van der Waals surface area contributed by atoms with E-state index in [2.05, 4.69) is 5.92 Å². The zero-order valence-corrected chi connectivity index (χ0v) is 18.6. The molecule has 0 spiro atoms. The first kappa shape index (κ1) is 24.8. The molecule has 1 fully saturated rings.